The quantitative estimate of drug-likeness (QED) is 0.0431. The van der Waals surface area contributed by atoms with Gasteiger partial charge in [0.05, 0.1) is 32.0 Å². The molecule has 320 valence electrons. The van der Waals surface area contributed by atoms with Gasteiger partial charge in [-0.1, -0.05) is 106 Å². The molecule has 0 aromatic heterocycles. The largest absolute Gasteiger partial charge is 0.394 e. The van der Waals surface area contributed by atoms with Gasteiger partial charge in [-0.05, 0) is 51.4 Å². The van der Waals surface area contributed by atoms with Gasteiger partial charge in [-0.15, -0.1) is 0 Å². The highest BCUT2D eigenvalue weighted by Crippen LogP contribution is 2.29. The van der Waals surface area contributed by atoms with E-state index in [0.717, 1.165) is 51.4 Å². The number of ether oxygens (including phenoxy) is 4. The molecular formula is C42H69NO13. The first kappa shape index (κ1) is 49.6. The SMILES string of the molecule is CC/C=C\C/C=C\C/C=C\C/C=C\C/C=C\C/C=C\CCC(=O)NC(COC1OC(CO)C(OC2OC(CO)C(O)C(O)C2O)C(O)C1O)C(O)CCCCC. The summed E-state index contributed by atoms with van der Waals surface area (Å²) in [4.78, 5) is 12.9. The molecule has 2 aliphatic heterocycles. The van der Waals surface area contributed by atoms with Gasteiger partial charge in [0.25, 0.3) is 0 Å². The van der Waals surface area contributed by atoms with Crippen molar-refractivity contribution in [2.45, 2.75) is 164 Å². The van der Waals surface area contributed by atoms with Crippen LogP contribution in [0.5, 0.6) is 0 Å². The number of hydrogen-bond donors (Lipinski definition) is 9. The lowest BCUT2D eigenvalue weighted by atomic mass is 9.97. The summed E-state index contributed by atoms with van der Waals surface area (Å²) in [5.74, 6) is -0.306. The Morgan fingerprint density at radius 2 is 1.18 bits per heavy atom. The number of amides is 1. The molecule has 2 fully saturated rings. The first-order chi connectivity index (χ1) is 27.1. The van der Waals surface area contributed by atoms with Crippen LogP contribution in [0.15, 0.2) is 72.9 Å². The van der Waals surface area contributed by atoms with Crippen LogP contribution in [0, 0.1) is 0 Å². The van der Waals surface area contributed by atoms with Gasteiger partial charge in [-0.3, -0.25) is 4.79 Å². The first-order valence-electron chi connectivity index (χ1n) is 20.2. The van der Waals surface area contributed by atoms with E-state index in [4.69, 9.17) is 18.9 Å². The summed E-state index contributed by atoms with van der Waals surface area (Å²) in [7, 11) is 0. The molecule has 2 saturated heterocycles. The highest BCUT2D eigenvalue weighted by molar-refractivity contribution is 5.76. The molecule has 14 nitrogen and oxygen atoms in total. The molecule has 56 heavy (non-hydrogen) atoms. The van der Waals surface area contributed by atoms with E-state index in [9.17, 15) is 45.6 Å². The zero-order valence-electron chi connectivity index (χ0n) is 33.1. The zero-order valence-corrected chi connectivity index (χ0v) is 33.1. The second-order valence-corrected chi connectivity index (χ2v) is 14.0. The Morgan fingerprint density at radius 3 is 1.71 bits per heavy atom. The van der Waals surface area contributed by atoms with Crippen molar-refractivity contribution in [3.63, 3.8) is 0 Å². The summed E-state index contributed by atoms with van der Waals surface area (Å²) in [6.45, 7) is 2.44. The van der Waals surface area contributed by atoms with Gasteiger partial charge in [-0.25, -0.2) is 0 Å². The predicted octanol–water partition coefficient (Wildman–Crippen LogP) is 2.53. The van der Waals surface area contributed by atoms with Crippen molar-refractivity contribution in [3.05, 3.63) is 72.9 Å². The van der Waals surface area contributed by atoms with E-state index >= 15 is 0 Å². The maximum absolute atomic E-state index is 12.9. The minimum Gasteiger partial charge on any atom is -0.394 e. The molecule has 0 radical (unpaired) electrons. The number of carbonyl (C=O) groups is 1. The molecule has 0 spiro atoms. The highest BCUT2D eigenvalue weighted by atomic mass is 16.7. The second-order valence-electron chi connectivity index (χ2n) is 14.0. The predicted molar refractivity (Wildman–Crippen MR) is 212 cm³/mol. The molecule has 2 heterocycles. The van der Waals surface area contributed by atoms with Crippen LogP contribution < -0.4 is 5.32 Å². The Morgan fingerprint density at radius 1 is 0.661 bits per heavy atom. The van der Waals surface area contributed by atoms with E-state index in [1.54, 1.807) is 0 Å². The third-order valence-corrected chi connectivity index (χ3v) is 9.45. The van der Waals surface area contributed by atoms with Crippen LogP contribution in [-0.4, -0.2) is 140 Å². The first-order valence-corrected chi connectivity index (χ1v) is 20.2. The molecule has 12 unspecified atom stereocenters. The van der Waals surface area contributed by atoms with Gasteiger partial charge in [0.2, 0.25) is 5.91 Å². The minimum absolute atomic E-state index is 0.172. The van der Waals surface area contributed by atoms with Crippen molar-refractivity contribution >= 4 is 5.91 Å². The number of aliphatic hydroxyl groups excluding tert-OH is 8. The number of nitrogens with one attached hydrogen (secondary N) is 1. The lowest BCUT2D eigenvalue weighted by Gasteiger charge is -2.46. The summed E-state index contributed by atoms with van der Waals surface area (Å²) in [6, 6.07) is -0.867. The summed E-state index contributed by atoms with van der Waals surface area (Å²) in [5.41, 5.74) is 0. The second kappa shape index (κ2) is 29.6. The topological polar surface area (TPSA) is 228 Å². The lowest BCUT2D eigenvalue weighted by molar-refractivity contribution is -0.359. The molecule has 14 heteroatoms. The van der Waals surface area contributed by atoms with Crippen molar-refractivity contribution in [1.29, 1.82) is 0 Å². The number of rotatable bonds is 27. The Hall–Kier alpha value is -2.57. The van der Waals surface area contributed by atoms with Crippen LogP contribution in [0.3, 0.4) is 0 Å². The smallest absolute Gasteiger partial charge is 0.220 e. The summed E-state index contributed by atoms with van der Waals surface area (Å²) in [6.07, 6.45) is 17.5. The molecule has 0 saturated carbocycles. The molecule has 1 amide bonds. The fraction of sp³-hybridized carbons (Fsp3) is 0.690. The van der Waals surface area contributed by atoms with Crippen LogP contribution in [0.1, 0.15) is 90.9 Å². The fourth-order valence-corrected chi connectivity index (χ4v) is 6.08. The Kier molecular flexibility index (Phi) is 26.2. The Labute approximate surface area is 332 Å². The van der Waals surface area contributed by atoms with E-state index in [0.29, 0.717) is 19.3 Å². The lowest BCUT2D eigenvalue weighted by Crippen LogP contribution is -2.65. The number of carbonyl (C=O) groups excluding carboxylic acids is 1. The highest BCUT2D eigenvalue weighted by Gasteiger charge is 2.50. The average molecular weight is 796 g/mol. The van der Waals surface area contributed by atoms with Crippen molar-refractivity contribution in [2.75, 3.05) is 19.8 Å². The summed E-state index contributed by atoms with van der Waals surface area (Å²) < 4.78 is 22.4. The van der Waals surface area contributed by atoms with E-state index in [2.05, 4.69) is 73.0 Å². The standard InChI is InChI=1S/C42H69NO13/c1-3-5-7-8-9-10-11-12-13-14-15-16-17-18-19-20-21-22-24-26-34(47)43-30(31(46)25-23-6-4-2)29-53-41-39(52)37(50)40(33(28-45)55-41)56-42-38(51)36(49)35(48)32(27-44)54-42/h5,7,9-10,12-13,15-16,18-19,21-22,30-33,35-42,44-46,48-52H,3-4,6,8,11,14,17,20,23-29H2,1-2H3,(H,43,47)/b7-5-,10-9-,13-12-,16-15-,19-18-,22-21-. The number of aliphatic hydroxyl groups is 8. The van der Waals surface area contributed by atoms with Crippen molar-refractivity contribution in [3.8, 4) is 0 Å². The maximum atomic E-state index is 12.9. The normalized spacial score (nSPS) is 30.2. The van der Waals surface area contributed by atoms with E-state index in [1.165, 1.54) is 0 Å². The van der Waals surface area contributed by atoms with E-state index < -0.39 is 86.8 Å². The fourth-order valence-electron chi connectivity index (χ4n) is 6.08. The molecule has 12 atom stereocenters. The number of hydrogen-bond acceptors (Lipinski definition) is 13. The van der Waals surface area contributed by atoms with Crippen LogP contribution >= 0.6 is 0 Å². The Bertz CT molecular complexity index is 1220. The number of unbranched alkanes of at least 4 members (excludes halogenated alkanes) is 2. The van der Waals surface area contributed by atoms with Crippen LogP contribution in [-0.2, 0) is 23.7 Å². The molecule has 9 N–H and O–H groups in total. The van der Waals surface area contributed by atoms with Crippen LogP contribution in [0.4, 0.5) is 0 Å². The zero-order chi connectivity index (χ0) is 41.1. The molecular weight excluding hydrogens is 726 g/mol. The van der Waals surface area contributed by atoms with Gasteiger partial charge in [0.1, 0.15) is 48.8 Å². The minimum atomic E-state index is -1.79. The van der Waals surface area contributed by atoms with Gasteiger partial charge in [0.15, 0.2) is 12.6 Å². The third-order valence-electron chi connectivity index (χ3n) is 9.45. The molecule has 2 rings (SSSR count). The maximum Gasteiger partial charge on any atom is 0.220 e. The van der Waals surface area contributed by atoms with Gasteiger partial charge >= 0.3 is 0 Å². The van der Waals surface area contributed by atoms with Gasteiger partial charge in [0, 0.05) is 6.42 Å². The van der Waals surface area contributed by atoms with E-state index in [-0.39, 0.29) is 18.9 Å². The van der Waals surface area contributed by atoms with Crippen molar-refractivity contribution < 1.29 is 64.6 Å². The number of allylic oxidation sites excluding steroid dienone is 12. The molecule has 0 aromatic rings. The summed E-state index contributed by atoms with van der Waals surface area (Å²) in [5, 5.41) is 85.6. The van der Waals surface area contributed by atoms with Crippen LogP contribution in [0.25, 0.3) is 0 Å². The molecule has 0 aromatic carbocycles. The van der Waals surface area contributed by atoms with Crippen LogP contribution in [0.2, 0.25) is 0 Å². The third kappa shape index (κ3) is 18.3. The van der Waals surface area contributed by atoms with Crippen molar-refractivity contribution in [1.82, 2.24) is 5.32 Å². The van der Waals surface area contributed by atoms with Crippen molar-refractivity contribution in [2.24, 2.45) is 0 Å². The van der Waals surface area contributed by atoms with E-state index in [1.807, 2.05) is 19.1 Å². The monoisotopic (exact) mass is 795 g/mol. The summed E-state index contributed by atoms with van der Waals surface area (Å²) >= 11 is 0. The van der Waals surface area contributed by atoms with Gasteiger partial charge < -0.3 is 65.1 Å². The molecule has 0 bridgehead atoms. The van der Waals surface area contributed by atoms with Gasteiger partial charge in [-0.2, -0.15) is 0 Å². The Balaban J connectivity index is 1.82. The molecule has 2 aliphatic rings. The average Bonchev–Trinajstić information content (AvgIpc) is 3.19. The molecule has 0 aliphatic carbocycles.